The van der Waals surface area contributed by atoms with Crippen LogP contribution in [0.2, 0.25) is 0 Å². The van der Waals surface area contributed by atoms with E-state index in [0.717, 1.165) is 12.1 Å². The molecule has 0 atom stereocenters. The van der Waals surface area contributed by atoms with Gasteiger partial charge in [0.2, 0.25) is 11.8 Å². The van der Waals surface area contributed by atoms with Crippen molar-refractivity contribution in [2.24, 2.45) is 0 Å². The summed E-state index contributed by atoms with van der Waals surface area (Å²) in [6.45, 7) is 2.08. The van der Waals surface area contributed by atoms with Crippen LogP contribution in [0.1, 0.15) is 28.8 Å². The first-order valence-corrected chi connectivity index (χ1v) is 8.68. The van der Waals surface area contributed by atoms with Crippen LogP contribution < -0.4 is 15.5 Å². The number of halogens is 1. The van der Waals surface area contributed by atoms with Crippen LogP contribution in [-0.2, 0) is 9.59 Å². The summed E-state index contributed by atoms with van der Waals surface area (Å²) in [4.78, 5) is 37.5. The molecule has 1 aliphatic heterocycles. The summed E-state index contributed by atoms with van der Waals surface area (Å²) in [6.07, 6.45) is 1.38. The Bertz CT molecular complexity index is 881. The van der Waals surface area contributed by atoms with Crippen molar-refractivity contribution < 1.29 is 18.8 Å². The SMILES string of the molecule is Cc1ccc(NC(=O)CNC(=O)c2ccc(N3CCCC3=O)cc2)cc1F. The lowest BCUT2D eigenvalue weighted by Gasteiger charge is -2.15. The second-order valence-electron chi connectivity index (χ2n) is 6.39. The molecule has 0 aromatic heterocycles. The van der Waals surface area contributed by atoms with Crippen molar-refractivity contribution in [1.82, 2.24) is 5.32 Å². The van der Waals surface area contributed by atoms with E-state index in [1.54, 1.807) is 48.2 Å². The van der Waals surface area contributed by atoms with E-state index in [0.29, 0.717) is 29.8 Å². The van der Waals surface area contributed by atoms with Gasteiger partial charge in [0.1, 0.15) is 5.82 Å². The molecule has 0 spiro atoms. The van der Waals surface area contributed by atoms with Crippen molar-refractivity contribution in [3.8, 4) is 0 Å². The lowest BCUT2D eigenvalue weighted by Crippen LogP contribution is -2.33. The average molecular weight is 369 g/mol. The van der Waals surface area contributed by atoms with Gasteiger partial charge in [-0.3, -0.25) is 14.4 Å². The second kappa shape index (κ2) is 7.99. The van der Waals surface area contributed by atoms with E-state index in [1.807, 2.05) is 0 Å². The van der Waals surface area contributed by atoms with E-state index in [-0.39, 0.29) is 12.5 Å². The Labute approximate surface area is 156 Å². The lowest BCUT2D eigenvalue weighted by molar-refractivity contribution is -0.117. The molecule has 140 valence electrons. The van der Waals surface area contributed by atoms with Gasteiger partial charge in [0.25, 0.3) is 5.91 Å². The summed E-state index contributed by atoms with van der Waals surface area (Å²) in [5, 5.41) is 5.05. The molecule has 0 saturated carbocycles. The quantitative estimate of drug-likeness (QED) is 0.850. The monoisotopic (exact) mass is 369 g/mol. The molecule has 1 heterocycles. The Morgan fingerprint density at radius 2 is 1.89 bits per heavy atom. The molecular weight excluding hydrogens is 349 g/mol. The molecule has 2 aromatic rings. The number of nitrogens with zero attached hydrogens (tertiary/aromatic N) is 1. The predicted octanol–water partition coefficient (Wildman–Crippen LogP) is 2.63. The zero-order valence-corrected chi connectivity index (χ0v) is 14.9. The van der Waals surface area contributed by atoms with Crippen molar-refractivity contribution in [2.75, 3.05) is 23.3 Å². The summed E-state index contributed by atoms with van der Waals surface area (Å²) < 4.78 is 13.5. The summed E-state index contributed by atoms with van der Waals surface area (Å²) in [7, 11) is 0. The molecule has 1 fully saturated rings. The van der Waals surface area contributed by atoms with E-state index in [9.17, 15) is 18.8 Å². The van der Waals surface area contributed by atoms with Gasteiger partial charge in [-0.1, -0.05) is 6.07 Å². The smallest absolute Gasteiger partial charge is 0.251 e. The van der Waals surface area contributed by atoms with Crippen molar-refractivity contribution in [1.29, 1.82) is 0 Å². The summed E-state index contributed by atoms with van der Waals surface area (Å²) in [5.74, 6) is -1.18. The molecule has 1 aliphatic rings. The fourth-order valence-electron chi connectivity index (χ4n) is 2.85. The third-order valence-corrected chi connectivity index (χ3v) is 4.38. The van der Waals surface area contributed by atoms with Gasteiger partial charge in [0.15, 0.2) is 0 Å². The average Bonchev–Trinajstić information content (AvgIpc) is 3.09. The Morgan fingerprint density at radius 1 is 1.15 bits per heavy atom. The molecule has 27 heavy (non-hydrogen) atoms. The molecule has 0 unspecified atom stereocenters. The van der Waals surface area contributed by atoms with Crippen LogP contribution in [0.5, 0.6) is 0 Å². The number of carbonyl (C=O) groups excluding carboxylic acids is 3. The molecule has 1 saturated heterocycles. The van der Waals surface area contributed by atoms with Gasteiger partial charge < -0.3 is 15.5 Å². The number of hydrogen-bond donors (Lipinski definition) is 2. The van der Waals surface area contributed by atoms with Crippen LogP contribution in [0, 0.1) is 12.7 Å². The van der Waals surface area contributed by atoms with Gasteiger partial charge in [0, 0.05) is 29.9 Å². The molecule has 3 rings (SSSR count). The summed E-state index contributed by atoms with van der Waals surface area (Å²) in [5.41, 5.74) is 1.96. The van der Waals surface area contributed by atoms with Crippen LogP contribution in [0.25, 0.3) is 0 Å². The molecule has 3 amide bonds. The van der Waals surface area contributed by atoms with Gasteiger partial charge in [-0.2, -0.15) is 0 Å². The Hall–Kier alpha value is -3.22. The van der Waals surface area contributed by atoms with E-state index in [2.05, 4.69) is 10.6 Å². The Balaban J connectivity index is 1.53. The van der Waals surface area contributed by atoms with Crippen LogP contribution in [-0.4, -0.2) is 30.8 Å². The Kier molecular flexibility index (Phi) is 5.49. The molecule has 2 aromatic carbocycles. The van der Waals surface area contributed by atoms with E-state index >= 15 is 0 Å². The zero-order valence-electron chi connectivity index (χ0n) is 14.9. The topological polar surface area (TPSA) is 78.5 Å². The summed E-state index contributed by atoms with van der Waals surface area (Å²) in [6, 6.07) is 11.0. The van der Waals surface area contributed by atoms with Crippen LogP contribution >= 0.6 is 0 Å². The third kappa shape index (κ3) is 4.49. The van der Waals surface area contributed by atoms with E-state index in [4.69, 9.17) is 0 Å². The predicted molar refractivity (Wildman–Crippen MR) is 100 cm³/mol. The van der Waals surface area contributed by atoms with Gasteiger partial charge in [-0.15, -0.1) is 0 Å². The third-order valence-electron chi connectivity index (χ3n) is 4.38. The second-order valence-corrected chi connectivity index (χ2v) is 6.39. The van der Waals surface area contributed by atoms with Gasteiger partial charge in [-0.05, 0) is 55.3 Å². The highest BCUT2D eigenvalue weighted by Crippen LogP contribution is 2.21. The van der Waals surface area contributed by atoms with Gasteiger partial charge >= 0.3 is 0 Å². The molecule has 6 nitrogen and oxygen atoms in total. The minimum absolute atomic E-state index is 0.0800. The van der Waals surface area contributed by atoms with E-state index < -0.39 is 17.6 Å². The maximum Gasteiger partial charge on any atom is 0.251 e. The first-order valence-electron chi connectivity index (χ1n) is 8.68. The number of amides is 3. The number of nitrogens with one attached hydrogen (secondary N) is 2. The largest absolute Gasteiger partial charge is 0.343 e. The fourth-order valence-corrected chi connectivity index (χ4v) is 2.85. The molecule has 7 heteroatoms. The maximum atomic E-state index is 13.5. The highest BCUT2D eigenvalue weighted by Gasteiger charge is 2.21. The fraction of sp³-hybridized carbons (Fsp3) is 0.250. The van der Waals surface area contributed by atoms with Gasteiger partial charge in [0.05, 0.1) is 6.54 Å². The van der Waals surface area contributed by atoms with Crippen molar-refractivity contribution >= 4 is 29.1 Å². The van der Waals surface area contributed by atoms with Crippen LogP contribution in [0.4, 0.5) is 15.8 Å². The summed E-state index contributed by atoms with van der Waals surface area (Å²) >= 11 is 0. The molecule has 0 radical (unpaired) electrons. The molecule has 0 bridgehead atoms. The number of anilines is 2. The van der Waals surface area contributed by atoms with E-state index in [1.165, 1.54) is 6.07 Å². The standard InChI is InChI=1S/C20H20FN3O3/c1-13-4-7-15(11-17(13)21)23-18(25)12-22-20(27)14-5-8-16(9-6-14)24-10-2-3-19(24)26/h4-9,11H,2-3,10,12H2,1H3,(H,22,27)(H,23,25). The number of aryl methyl sites for hydroxylation is 1. The normalized spacial score (nSPS) is 13.6. The van der Waals surface area contributed by atoms with Crippen molar-refractivity contribution in [3.63, 3.8) is 0 Å². The van der Waals surface area contributed by atoms with Crippen LogP contribution in [0.3, 0.4) is 0 Å². The molecular formula is C20H20FN3O3. The maximum absolute atomic E-state index is 13.5. The Morgan fingerprint density at radius 3 is 2.52 bits per heavy atom. The highest BCUT2D eigenvalue weighted by molar-refractivity contribution is 6.00. The highest BCUT2D eigenvalue weighted by atomic mass is 19.1. The minimum atomic E-state index is -0.453. The van der Waals surface area contributed by atoms with Gasteiger partial charge in [-0.25, -0.2) is 4.39 Å². The first kappa shape index (κ1) is 18.6. The zero-order chi connectivity index (χ0) is 19.4. The minimum Gasteiger partial charge on any atom is -0.343 e. The first-order chi connectivity index (χ1) is 12.9. The molecule has 2 N–H and O–H groups in total. The van der Waals surface area contributed by atoms with Crippen molar-refractivity contribution in [3.05, 3.63) is 59.4 Å². The number of benzene rings is 2. The lowest BCUT2D eigenvalue weighted by atomic mass is 10.2. The van der Waals surface area contributed by atoms with Crippen molar-refractivity contribution in [2.45, 2.75) is 19.8 Å². The number of rotatable bonds is 5. The number of carbonyl (C=O) groups is 3. The van der Waals surface area contributed by atoms with Crippen LogP contribution in [0.15, 0.2) is 42.5 Å². The molecule has 0 aliphatic carbocycles. The number of hydrogen-bond acceptors (Lipinski definition) is 3.